The van der Waals surface area contributed by atoms with E-state index in [1.165, 1.54) is 0 Å². The van der Waals surface area contributed by atoms with E-state index < -0.39 is 10.0 Å². The maximum atomic E-state index is 12.4. The molecule has 0 aromatic heterocycles. The van der Waals surface area contributed by atoms with Gasteiger partial charge < -0.3 is 0 Å². The van der Waals surface area contributed by atoms with E-state index in [-0.39, 0.29) is 17.2 Å². The highest BCUT2D eigenvalue weighted by Crippen LogP contribution is 2.49. The zero-order chi connectivity index (χ0) is 14.8. The smallest absolute Gasteiger partial charge is 0.212 e. The number of terminal acetylenes is 1. The van der Waals surface area contributed by atoms with Gasteiger partial charge in [0.1, 0.15) is 0 Å². The molecule has 3 nitrogen and oxygen atoms in total. The van der Waals surface area contributed by atoms with Crippen molar-refractivity contribution in [1.29, 1.82) is 0 Å². The molecule has 1 atom stereocenters. The number of rotatable bonds is 5. The molecular weight excluding hydrogens is 270 g/mol. The Labute approximate surface area is 122 Å². The highest BCUT2D eigenvalue weighted by atomic mass is 32.2. The zero-order valence-electron chi connectivity index (χ0n) is 12.0. The molecule has 1 saturated heterocycles. The van der Waals surface area contributed by atoms with Gasteiger partial charge in [-0.3, -0.25) is 0 Å². The first-order valence-electron chi connectivity index (χ1n) is 6.86. The Hall–Kier alpha value is -1.31. The molecule has 20 heavy (non-hydrogen) atoms. The predicted molar refractivity (Wildman–Crippen MR) is 81.5 cm³/mol. The minimum Gasteiger partial charge on any atom is -0.212 e. The normalized spacial score (nSPS) is 21.9. The van der Waals surface area contributed by atoms with Gasteiger partial charge in [0.2, 0.25) is 10.0 Å². The fraction of sp³-hybridized carbons (Fsp3) is 0.500. The number of benzene rings is 1. The van der Waals surface area contributed by atoms with Crippen molar-refractivity contribution in [1.82, 2.24) is 4.31 Å². The molecule has 0 spiro atoms. The van der Waals surface area contributed by atoms with Crippen molar-refractivity contribution >= 4 is 10.0 Å². The number of hydrogen-bond donors (Lipinski definition) is 0. The maximum Gasteiger partial charge on any atom is 0.214 e. The van der Waals surface area contributed by atoms with E-state index in [0.717, 1.165) is 5.56 Å². The number of hydrogen-bond acceptors (Lipinski definition) is 2. The van der Waals surface area contributed by atoms with Gasteiger partial charge in [-0.05, 0) is 17.4 Å². The predicted octanol–water partition coefficient (Wildman–Crippen LogP) is 2.81. The number of nitrogens with zero attached hydrogens (tertiary/aromatic N) is 1. The Morgan fingerprint density at radius 1 is 1.35 bits per heavy atom. The van der Waals surface area contributed by atoms with Crippen LogP contribution >= 0.6 is 0 Å². The summed E-state index contributed by atoms with van der Waals surface area (Å²) in [6.07, 6.45) is 6.21. The van der Waals surface area contributed by atoms with E-state index in [4.69, 9.17) is 6.42 Å². The van der Waals surface area contributed by atoms with E-state index in [9.17, 15) is 8.42 Å². The monoisotopic (exact) mass is 291 g/mol. The first-order valence-corrected chi connectivity index (χ1v) is 8.47. The van der Waals surface area contributed by atoms with Crippen LogP contribution in [-0.4, -0.2) is 25.0 Å². The van der Waals surface area contributed by atoms with Crippen LogP contribution in [0.25, 0.3) is 0 Å². The molecule has 0 radical (unpaired) electrons. The largest absolute Gasteiger partial charge is 0.214 e. The molecule has 1 aliphatic heterocycles. The minimum absolute atomic E-state index is 0.0272. The second-order valence-corrected chi connectivity index (χ2v) is 8.01. The first-order chi connectivity index (χ1) is 9.38. The molecule has 0 saturated carbocycles. The second-order valence-electron chi connectivity index (χ2n) is 5.97. The van der Waals surface area contributed by atoms with Crippen molar-refractivity contribution in [2.45, 2.75) is 32.7 Å². The molecule has 0 amide bonds. The highest BCUT2D eigenvalue weighted by Gasteiger charge is 2.51. The molecule has 0 N–H and O–H groups in total. The fourth-order valence-corrected chi connectivity index (χ4v) is 4.84. The van der Waals surface area contributed by atoms with Crippen LogP contribution in [0.15, 0.2) is 30.3 Å². The molecule has 1 fully saturated rings. The topological polar surface area (TPSA) is 37.4 Å². The Morgan fingerprint density at radius 2 is 2.00 bits per heavy atom. The third-order valence-electron chi connectivity index (χ3n) is 3.79. The highest BCUT2D eigenvalue weighted by molar-refractivity contribution is 7.89. The van der Waals surface area contributed by atoms with Gasteiger partial charge in [0.25, 0.3) is 0 Å². The lowest BCUT2D eigenvalue weighted by atomic mass is 9.74. The van der Waals surface area contributed by atoms with Gasteiger partial charge in [0.05, 0.1) is 11.8 Å². The lowest BCUT2D eigenvalue weighted by Gasteiger charge is -2.53. The van der Waals surface area contributed by atoms with E-state index in [2.05, 4.69) is 19.8 Å². The Bertz CT molecular complexity index is 599. The van der Waals surface area contributed by atoms with Crippen LogP contribution in [0.1, 0.15) is 38.3 Å². The number of sulfonamides is 1. The van der Waals surface area contributed by atoms with Gasteiger partial charge >= 0.3 is 0 Å². The Kier molecular flexibility index (Phi) is 4.22. The molecule has 1 aliphatic rings. The van der Waals surface area contributed by atoms with Crippen LogP contribution in [-0.2, 0) is 10.0 Å². The van der Waals surface area contributed by atoms with Crippen LogP contribution in [0.4, 0.5) is 0 Å². The molecule has 0 bridgehead atoms. The molecule has 1 unspecified atom stereocenters. The second kappa shape index (κ2) is 5.59. The van der Waals surface area contributed by atoms with Crippen LogP contribution in [0, 0.1) is 17.8 Å². The molecule has 1 heterocycles. The SMILES string of the molecule is C#CCCCS(=O)(=O)N1CC(C)(C)C1c1ccccc1. The van der Waals surface area contributed by atoms with Crippen LogP contribution in [0.3, 0.4) is 0 Å². The Morgan fingerprint density at radius 3 is 2.55 bits per heavy atom. The molecule has 0 aliphatic carbocycles. The third kappa shape index (κ3) is 2.89. The van der Waals surface area contributed by atoms with Crippen molar-refractivity contribution in [2.75, 3.05) is 12.3 Å². The van der Waals surface area contributed by atoms with E-state index >= 15 is 0 Å². The summed E-state index contributed by atoms with van der Waals surface area (Å²) in [6.45, 7) is 4.79. The summed E-state index contributed by atoms with van der Waals surface area (Å²) in [6, 6.07) is 9.77. The molecule has 108 valence electrons. The van der Waals surface area contributed by atoms with Gasteiger partial charge in [0, 0.05) is 13.0 Å². The van der Waals surface area contributed by atoms with Crippen molar-refractivity contribution in [3.05, 3.63) is 35.9 Å². The fourth-order valence-electron chi connectivity index (χ4n) is 2.84. The average molecular weight is 291 g/mol. The Balaban J connectivity index is 2.19. The third-order valence-corrected chi connectivity index (χ3v) is 5.65. The van der Waals surface area contributed by atoms with Crippen molar-refractivity contribution < 1.29 is 8.42 Å². The number of unbranched alkanes of at least 4 members (excludes halogenated alkanes) is 1. The van der Waals surface area contributed by atoms with Crippen molar-refractivity contribution in [3.63, 3.8) is 0 Å². The standard InChI is InChI=1S/C16H21NO2S/c1-4-5-9-12-20(18,19)17-13-16(2,3)15(17)14-10-7-6-8-11-14/h1,6-8,10-11,15H,5,9,12-13H2,2-3H3. The summed E-state index contributed by atoms with van der Waals surface area (Å²) in [4.78, 5) is 0. The molecular formula is C16H21NO2S. The van der Waals surface area contributed by atoms with Crippen molar-refractivity contribution in [2.24, 2.45) is 5.41 Å². The van der Waals surface area contributed by atoms with E-state index in [1.54, 1.807) is 4.31 Å². The van der Waals surface area contributed by atoms with Gasteiger partial charge in [-0.2, -0.15) is 4.31 Å². The molecule has 1 aromatic carbocycles. The zero-order valence-corrected chi connectivity index (χ0v) is 12.9. The van der Waals surface area contributed by atoms with Gasteiger partial charge in [0.15, 0.2) is 0 Å². The van der Waals surface area contributed by atoms with E-state index in [0.29, 0.717) is 19.4 Å². The summed E-state index contributed by atoms with van der Waals surface area (Å²) >= 11 is 0. The lowest BCUT2D eigenvalue weighted by molar-refractivity contribution is 0.0198. The summed E-state index contributed by atoms with van der Waals surface area (Å²) < 4.78 is 26.5. The average Bonchev–Trinajstić information content (AvgIpc) is 2.38. The quantitative estimate of drug-likeness (QED) is 0.618. The minimum atomic E-state index is -3.23. The summed E-state index contributed by atoms with van der Waals surface area (Å²) in [5.41, 5.74) is 1.03. The van der Waals surface area contributed by atoms with Crippen LogP contribution in [0.5, 0.6) is 0 Å². The van der Waals surface area contributed by atoms with Crippen LogP contribution < -0.4 is 0 Å². The molecule has 2 rings (SSSR count). The molecule has 1 aromatic rings. The summed E-state index contributed by atoms with van der Waals surface area (Å²) in [5, 5.41) is 0. The molecule has 4 heteroatoms. The van der Waals surface area contributed by atoms with Crippen LogP contribution in [0.2, 0.25) is 0 Å². The lowest BCUT2D eigenvalue weighted by Crippen LogP contribution is -2.58. The maximum absolute atomic E-state index is 12.4. The van der Waals surface area contributed by atoms with E-state index in [1.807, 2.05) is 30.3 Å². The first kappa shape index (κ1) is 15.1. The van der Waals surface area contributed by atoms with Gasteiger partial charge in [-0.25, -0.2) is 8.42 Å². The van der Waals surface area contributed by atoms with Gasteiger partial charge in [-0.1, -0.05) is 44.2 Å². The van der Waals surface area contributed by atoms with Gasteiger partial charge in [-0.15, -0.1) is 12.3 Å². The van der Waals surface area contributed by atoms with Crippen molar-refractivity contribution in [3.8, 4) is 12.3 Å². The summed E-state index contributed by atoms with van der Waals surface area (Å²) in [5.74, 6) is 2.63. The summed E-state index contributed by atoms with van der Waals surface area (Å²) in [7, 11) is -3.23.